The Morgan fingerprint density at radius 2 is 2.35 bits per heavy atom. The highest BCUT2D eigenvalue weighted by molar-refractivity contribution is 8.01. The zero-order valence-electron chi connectivity index (χ0n) is 10.1. The van der Waals surface area contributed by atoms with Gasteiger partial charge in [-0.25, -0.2) is 0 Å². The summed E-state index contributed by atoms with van der Waals surface area (Å²) < 4.78 is 1.55. The Bertz CT molecular complexity index is 370. The summed E-state index contributed by atoms with van der Waals surface area (Å²) in [4.78, 5) is 0. The molecule has 94 valence electrons. The number of rotatable bonds is 2. The van der Waals surface area contributed by atoms with Crippen molar-refractivity contribution in [2.24, 2.45) is 0 Å². The fourth-order valence-corrected chi connectivity index (χ4v) is 6.32. The van der Waals surface area contributed by atoms with E-state index >= 15 is 0 Å². The summed E-state index contributed by atoms with van der Waals surface area (Å²) in [5, 5.41) is 6.91. The monoisotopic (exact) mass is 285 g/mol. The molecule has 0 amide bonds. The van der Waals surface area contributed by atoms with Crippen molar-refractivity contribution in [2.45, 2.75) is 47.7 Å². The van der Waals surface area contributed by atoms with Gasteiger partial charge in [-0.15, -0.1) is 23.1 Å². The Hall–Kier alpha value is 0.360. The van der Waals surface area contributed by atoms with Crippen LogP contribution in [0.5, 0.6) is 0 Å². The Labute approximate surface area is 116 Å². The van der Waals surface area contributed by atoms with Crippen LogP contribution in [0.15, 0.2) is 15.7 Å². The largest absolute Gasteiger partial charge is 0.306 e. The third-order valence-corrected chi connectivity index (χ3v) is 7.07. The molecule has 1 aromatic rings. The second kappa shape index (κ2) is 5.55. The molecule has 0 bridgehead atoms. The SMILES string of the molecule is C[C@H]1CC(NC2CCCSC2)c2ccsc2S1. The molecule has 1 aromatic heterocycles. The Morgan fingerprint density at radius 1 is 1.41 bits per heavy atom. The van der Waals surface area contributed by atoms with E-state index in [2.05, 4.69) is 47.2 Å². The minimum Gasteiger partial charge on any atom is -0.306 e. The predicted molar refractivity (Wildman–Crippen MR) is 80.5 cm³/mol. The zero-order valence-corrected chi connectivity index (χ0v) is 12.6. The predicted octanol–water partition coefficient (Wildman–Crippen LogP) is 4.16. The maximum Gasteiger partial charge on any atom is 0.0649 e. The van der Waals surface area contributed by atoms with Gasteiger partial charge in [-0.2, -0.15) is 11.8 Å². The number of thioether (sulfide) groups is 2. The molecule has 0 aliphatic carbocycles. The van der Waals surface area contributed by atoms with E-state index in [0.717, 1.165) is 11.3 Å². The van der Waals surface area contributed by atoms with Crippen LogP contribution in [0.3, 0.4) is 0 Å². The first kappa shape index (κ1) is 12.4. The van der Waals surface area contributed by atoms with E-state index < -0.39 is 0 Å². The van der Waals surface area contributed by atoms with Gasteiger partial charge < -0.3 is 5.32 Å². The van der Waals surface area contributed by atoms with E-state index in [4.69, 9.17) is 0 Å². The van der Waals surface area contributed by atoms with Crippen LogP contribution >= 0.6 is 34.9 Å². The lowest BCUT2D eigenvalue weighted by molar-refractivity contribution is 0.409. The van der Waals surface area contributed by atoms with Gasteiger partial charge in [-0.3, -0.25) is 0 Å². The number of fused-ring (bicyclic) bond motifs is 1. The van der Waals surface area contributed by atoms with Gasteiger partial charge in [0.1, 0.15) is 0 Å². The van der Waals surface area contributed by atoms with Gasteiger partial charge in [-0.1, -0.05) is 6.92 Å². The maximum absolute atomic E-state index is 3.90. The van der Waals surface area contributed by atoms with E-state index in [1.165, 1.54) is 30.8 Å². The summed E-state index contributed by atoms with van der Waals surface area (Å²) >= 11 is 6.08. The van der Waals surface area contributed by atoms with Crippen LogP contribution in [0.1, 0.15) is 37.8 Å². The highest BCUT2D eigenvalue weighted by Crippen LogP contribution is 2.44. The standard InChI is InChI=1S/C13H19NS3/c1-9-7-12(11-4-6-16-13(11)17-9)14-10-3-2-5-15-8-10/h4,6,9-10,12,14H,2-3,5,7-8H2,1H3/t9-,10?,12?/m0/s1. The van der Waals surface area contributed by atoms with Gasteiger partial charge in [0, 0.05) is 23.1 Å². The normalized spacial score (nSPS) is 33.4. The van der Waals surface area contributed by atoms with Crippen LogP contribution in [0.2, 0.25) is 0 Å². The van der Waals surface area contributed by atoms with E-state index in [1.807, 2.05) is 11.3 Å². The average Bonchev–Trinajstić information content (AvgIpc) is 2.78. The molecule has 17 heavy (non-hydrogen) atoms. The quantitative estimate of drug-likeness (QED) is 0.876. The molecule has 3 rings (SSSR count). The van der Waals surface area contributed by atoms with Crippen molar-refractivity contribution in [3.8, 4) is 0 Å². The highest BCUT2D eigenvalue weighted by atomic mass is 32.2. The second-order valence-corrected chi connectivity index (χ2v) is 8.73. The third kappa shape index (κ3) is 2.86. The molecule has 4 heteroatoms. The molecule has 0 radical (unpaired) electrons. The minimum atomic E-state index is 0.608. The van der Waals surface area contributed by atoms with Crippen LogP contribution in [0, 0.1) is 0 Å². The molecule has 1 saturated heterocycles. The molecule has 1 fully saturated rings. The van der Waals surface area contributed by atoms with Crippen molar-refractivity contribution in [3.63, 3.8) is 0 Å². The number of hydrogen-bond acceptors (Lipinski definition) is 4. The molecule has 0 spiro atoms. The molecule has 0 saturated carbocycles. The van der Waals surface area contributed by atoms with Crippen LogP contribution in [0.4, 0.5) is 0 Å². The third-order valence-electron chi connectivity index (χ3n) is 3.51. The van der Waals surface area contributed by atoms with Gasteiger partial charge in [-0.05, 0) is 42.0 Å². The first-order valence-electron chi connectivity index (χ1n) is 6.41. The molecular formula is C13H19NS3. The van der Waals surface area contributed by atoms with Gasteiger partial charge in [0.2, 0.25) is 0 Å². The lowest BCUT2D eigenvalue weighted by Crippen LogP contribution is -2.38. The second-order valence-electron chi connectivity index (χ2n) is 4.96. The number of thiophene rings is 1. The summed E-state index contributed by atoms with van der Waals surface area (Å²) in [6.07, 6.45) is 4.04. The Balaban J connectivity index is 1.70. The summed E-state index contributed by atoms with van der Waals surface area (Å²) in [7, 11) is 0. The Morgan fingerprint density at radius 3 is 3.18 bits per heavy atom. The topological polar surface area (TPSA) is 12.0 Å². The Kier molecular flexibility index (Phi) is 4.05. The minimum absolute atomic E-state index is 0.608. The first-order valence-corrected chi connectivity index (χ1v) is 9.32. The maximum atomic E-state index is 3.90. The van der Waals surface area contributed by atoms with Gasteiger partial charge in [0.25, 0.3) is 0 Å². The van der Waals surface area contributed by atoms with Crippen molar-refractivity contribution in [2.75, 3.05) is 11.5 Å². The van der Waals surface area contributed by atoms with E-state index in [1.54, 1.807) is 9.77 Å². The fraction of sp³-hybridized carbons (Fsp3) is 0.692. The number of hydrogen-bond donors (Lipinski definition) is 1. The summed E-state index contributed by atoms with van der Waals surface area (Å²) in [5.74, 6) is 2.66. The lowest BCUT2D eigenvalue weighted by atomic mass is 10.0. The zero-order chi connectivity index (χ0) is 11.7. The van der Waals surface area contributed by atoms with Crippen molar-refractivity contribution in [3.05, 3.63) is 17.0 Å². The van der Waals surface area contributed by atoms with Crippen molar-refractivity contribution in [1.82, 2.24) is 5.32 Å². The number of nitrogens with one attached hydrogen (secondary N) is 1. The van der Waals surface area contributed by atoms with Crippen molar-refractivity contribution in [1.29, 1.82) is 0 Å². The summed E-state index contributed by atoms with van der Waals surface area (Å²) in [6.45, 7) is 2.36. The molecule has 2 aliphatic rings. The van der Waals surface area contributed by atoms with Gasteiger partial charge in [0.05, 0.1) is 4.21 Å². The molecule has 1 N–H and O–H groups in total. The summed E-state index contributed by atoms with van der Waals surface area (Å²) in [6, 6.07) is 3.67. The van der Waals surface area contributed by atoms with Gasteiger partial charge >= 0.3 is 0 Å². The molecule has 3 heterocycles. The van der Waals surface area contributed by atoms with Crippen LogP contribution in [-0.2, 0) is 0 Å². The lowest BCUT2D eigenvalue weighted by Gasteiger charge is -2.32. The van der Waals surface area contributed by atoms with Crippen LogP contribution in [-0.4, -0.2) is 22.8 Å². The molecule has 3 atom stereocenters. The highest BCUT2D eigenvalue weighted by Gasteiger charge is 2.28. The van der Waals surface area contributed by atoms with Crippen molar-refractivity contribution < 1.29 is 0 Å². The van der Waals surface area contributed by atoms with Gasteiger partial charge in [0.15, 0.2) is 0 Å². The molecule has 0 aromatic carbocycles. The molecule has 2 unspecified atom stereocenters. The first-order chi connectivity index (χ1) is 8.33. The summed E-state index contributed by atoms with van der Waals surface area (Å²) in [5.41, 5.74) is 1.56. The molecule has 2 aliphatic heterocycles. The fourth-order valence-electron chi connectivity index (χ4n) is 2.66. The van der Waals surface area contributed by atoms with E-state index in [9.17, 15) is 0 Å². The molecular weight excluding hydrogens is 266 g/mol. The van der Waals surface area contributed by atoms with Crippen LogP contribution in [0.25, 0.3) is 0 Å². The van der Waals surface area contributed by atoms with Crippen LogP contribution < -0.4 is 5.32 Å². The smallest absolute Gasteiger partial charge is 0.0649 e. The molecule has 1 nitrogen and oxygen atoms in total. The van der Waals surface area contributed by atoms with E-state index in [-0.39, 0.29) is 0 Å². The van der Waals surface area contributed by atoms with E-state index in [0.29, 0.717) is 6.04 Å². The average molecular weight is 286 g/mol. The van der Waals surface area contributed by atoms with Crippen molar-refractivity contribution >= 4 is 34.9 Å².